The maximum absolute atomic E-state index is 11.5. The number of carbonyl (C=O) groups excluding carboxylic acids is 1. The molecular weight excluding hydrogens is 282 g/mol. The van der Waals surface area contributed by atoms with Crippen LogP contribution >= 0.6 is 0 Å². The lowest BCUT2D eigenvalue weighted by Gasteiger charge is -2.22. The van der Waals surface area contributed by atoms with Gasteiger partial charge in [-0.3, -0.25) is 4.79 Å². The highest BCUT2D eigenvalue weighted by Crippen LogP contribution is 2.35. The molecule has 2 nitrogen and oxygen atoms in total. The molecule has 3 aromatic carbocycles. The average molecular weight is 301 g/mol. The summed E-state index contributed by atoms with van der Waals surface area (Å²) in [5.74, 6) is 0.0257. The highest BCUT2D eigenvalue weighted by Gasteiger charge is 2.19. The summed E-state index contributed by atoms with van der Waals surface area (Å²) >= 11 is 0. The van der Waals surface area contributed by atoms with Crippen LogP contribution in [0.25, 0.3) is 0 Å². The van der Waals surface area contributed by atoms with Crippen LogP contribution in [0, 0.1) is 0 Å². The quantitative estimate of drug-likeness (QED) is 0.687. The molecule has 0 aliphatic rings. The number of hydrogen-bond acceptors (Lipinski definition) is 1. The maximum Gasteiger partial charge on any atom is 0.221 e. The number of anilines is 1. The van der Waals surface area contributed by atoms with Crippen LogP contribution in [0.4, 0.5) is 5.69 Å². The minimum Gasteiger partial charge on any atom is -0.326 e. The molecule has 1 amide bonds. The molecule has 3 aromatic rings. The van der Waals surface area contributed by atoms with Crippen LogP contribution in [0.5, 0.6) is 0 Å². The molecule has 0 radical (unpaired) electrons. The number of amides is 1. The van der Waals surface area contributed by atoms with Gasteiger partial charge < -0.3 is 5.32 Å². The van der Waals surface area contributed by atoms with Crippen molar-refractivity contribution in [3.05, 3.63) is 102 Å². The third kappa shape index (κ3) is 3.49. The van der Waals surface area contributed by atoms with E-state index in [1.165, 1.54) is 18.1 Å². The molecule has 0 aliphatic carbocycles. The molecule has 1 N–H and O–H groups in total. The molecule has 0 spiro atoms. The van der Waals surface area contributed by atoms with Crippen LogP contribution in [-0.4, -0.2) is 5.91 Å². The average Bonchev–Trinajstić information content (AvgIpc) is 2.58. The van der Waals surface area contributed by atoms with Crippen molar-refractivity contribution in [2.24, 2.45) is 0 Å². The summed E-state index contributed by atoms with van der Waals surface area (Å²) in [6.07, 6.45) is 0. The largest absolute Gasteiger partial charge is 0.326 e. The van der Waals surface area contributed by atoms with E-state index < -0.39 is 0 Å². The Hall–Kier alpha value is -2.87. The minimum atomic E-state index is -0.0580. The molecule has 2 heteroatoms. The Labute approximate surface area is 136 Å². The Kier molecular flexibility index (Phi) is 4.53. The standard InChI is InChI=1S/C21H19NO/c1-16(23)22-20-15-9-8-14-19(20)21(17-10-4-2-5-11-17)18-12-6-3-7-13-18/h2-15,21H,1H3,(H,22,23). The minimum absolute atomic E-state index is 0.0580. The molecule has 3 rings (SSSR count). The molecule has 0 unspecified atom stereocenters. The van der Waals surface area contributed by atoms with Crippen LogP contribution in [-0.2, 0) is 4.79 Å². The van der Waals surface area contributed by atoms with Gasteiger partial charge in [-0.05, 0) is 22.8 Å². The number of hydrogen-bond donors (Lipinski definition) is 1. The summed E-state index contributed by atoms with van der Waals surface area (Å²) in [4.78, 5) is 11.5. The molecule has 114 valence electrons. The van der Waals surface area contributed by atoms with E-state index in [0.717, 1.165) is 11.3 Å². The van der Waals surface area contributed by atoms with Gasteiger partial charge in [0, 0.05) is 18.5 Å². The smallest absolute Gasteiger partial charge is 0.221 e. The fourth-order valence-electron chi connectivity index (χ4n) is 2.89. The van der Waals surface area contributed by atoms with Gasteiger partial charge in [0.2, 0.25) is 5.91 Å². The highest BCUT2D eigenvalue weighted by atomic mass is 16.1. The molecule has 0 saturated heterocycles. The lowest BCUT2D eigenvalue weighted by atomic mass is 9.84. The first-order valence-electron chi connectivity index (χ1n) is 7.72. The van der Waals surface area contributed by atoms with Crippen molar-refractivity contribution in [1.29, 1.82) is 0 Å². The summed E-state index contributed by atoms with van der Waals surface area (Å²) in [7, 11) is 0. The van der Waals surface area contributed by atoms with Gasteiger partial charge in [0.15, 0.2) is 0 Å². The Morgan fingerprint density at radius 1 is 0.739 bits per heavy atom. The summed E-state index contributed by atoms with van der Waals surface area (Å²) in [6, 6.07) is 28.7. The summed E-state index contributed by atoms with van der Waals surface area (Å²) in [5, 5.41) is 2.95. The maximum atomic E-state index is 11.5. The number of nitrogens with one attached hydrogen (secondary N) is 1. The molecule has 0 saturated carbocycles. The van der Waals surface area contributed by atoms with Gasteiger partial charge in [-0.15, -0.1) is 0 Å². The molecule has 0 heterocycles. The Bertz CT molecular complexity index is 742. The lowest BCUT2D eigenvalue weighted by molar-refractivity contribution is -0.114. The summed E-state index contributed by atoms with van der Waals surface area (Å²) in [5.41, 5.74) is 4.37. The zero-order chi connectivity index (χ0) is 16.1. The van der Waals surface area contributed by atoms with Gasteiger partial charge in [0.1, 0.15) is 0 Å². The number of rotatable bonds is 4. The second-order valence-electron chi connectivity index (χ2n) is 5.52. The first-order chi connectivity index (χ1) is 11.3. The summed E-state index contributed by atoms with van der Waals surface area (Å²) in [6.45, 7) is 1.54. The zero-order valence-corrected chi connectivity index (χ0v) is 13.1. The van der Waals surface area contributed by atoms with Gasteiger partial charge in [-0.2, -0.15) is 0 Å². The van der Waals surface area contributed by atoms with E-state index in [-0.39, 0.29) is 11.8 Å². The Morgan fingerprint density at radius 3 is 1.74 bits per heavy atom. The molecular formula is C21H19NO. The van der Waals surface area contributed by atoms with Crippen molar-refractivity contribution in [1.82, 2.24) is 0 Å². The molecule has 0 fully saturated rings. The Balaban J connectivity index is 2.15. The van der Waals surface area contributed by atoms with E-state index in [0.29, 0.717) is 0 Å². The fourth-order valence-corrected chi connectivity index (χ4v) is 2.89. The number of carbonyl (C=O) groups is 1. The second-order valence-corrected chi connectivity index (χ2v) is 5.52. The molecule has 0 aromatic heterocycles. The van der Waals surface area contributed by atoms with Crippen LogP contribution < -0.4 is 5.32 Å². The SMILES string of the molecule is CC(=O)Nc1ccccc1C(c1ccccc1)c1ccccc1. The van der Waals surface area contributed by atoms with E-state index in [9.17, 15) is 4.79 Å². The van der Waals surface area contributed by atoms with Crippen molar-refractivity contribution >= 4 is 11.6 Å². The first-order valence-corrected chi connectivity index (χ1v) is 7.72. The third-order valence-corrected chi connectivity index (χ3v) is 3.85. The number of para-hydroxylation sites is 1. The van der Waals surface area contributed by atoms with Crippen LogP contribution in [0.3, 0.4) is 0 Å². The number of benzene rings is 3. The van der Waals surface area contributed by atoms with Gasteiger partial charge in [-0.1, -0.05) is 78.9 Å². The molecule has 0 bridgehead atoms. The van der Waals surface area contributed by atoms with Crippen molar-refractivity contribution < 1.29 is 4.79 Å². The van der Waals surface area contributed by atoms with Crippen LogP contribution in [0.15, 0.2) is 84.9 Å². The van der Waals surface area contributed by atoms with Gasteiger partial charge >= 0.3 is 0 Å². The molecule has 0 atom stereocenters. The lowest BCUT2D eigenvalue weighted by Crippen LogP contribution is -2.11. The van der Waals surface area contributed by atoms with Crippen molar-refractivity contribution in [3.8, 4) is 0 Å². The summed E-state index contributed by atoms with van der Waals surface area (Å²) < 4.78 is 0. The first kappa shape index (κ1) is 15.0. The normalized spacial score (nSPS) is 10.5. The highest BCUT2D eigenvalue weighted by molar-refractivity contribution is 5.89. The van der Waals surface area contributed by atoms with Crippen LogP contribution in [0.2, 0.25) is 0 Å². The van der Waals surface area contributed by atoms with Crippen LogP contribution in [0.1, 0.15) is 29.5 Å². The van der Waals surface area contributed by atoms with Crippen molar-refractivity contribution in [2.75, 3.05) is 5.32 Å². The van der Waals surface area contributed by atoms with E-state index >= 15 is 0 Å². The fraction of sp³-hybridized carbons (Fsp3) is 0.0952. The van der Waals surface area contributed by atoms with E-state index in [1.807, 2.05) is 54.6 Å². The van der Waals surface area contributed by atoms with E-state index in [2.05, 4.69) is 35.6 Å². The van der Waals surface area contributed by atoms with Gasteiger partial charge in [-0.25, -0.2) is 0 Å². The molecule has 23 heavy (non-hydrogen) atoms. The predicted molar refractivity (Wildman–Crippen MR) is 94.6 cm³/mol. The zero-order valence-electron chi connectivity index (χ0n) is 13.1. The predicted octanol–water partition coefficient (Wildman–Crippen LogP) is 4.83. The second kappa shape index (κ2) is 6.93. The van der Waals surface area contributed by atoms with E-state index in [1.54, 1.807) is 0 Å². The topological polar surface area (TPSA) is 29.1 Å². The van der Waals surface area contributed by atoms with Crippen molar-refractivity contribution in [3.63, 3.8) is 0 Å². The Morgan fingerprint density at radius 2 is 1.22 bits per heavy atom. The van der Waals surface area contributed by atoms with Gasteiger partial charge in [0.05, 0.1) is 0 Å². The third-order valence-electron chi connectivity index (χ3n) is 3.85. The van der Waals surface area contributed by atoms with Gasteiger partial charge in [0.25, 0.3) is 0 Å². The van der Waals surface area contributed by atoms with E-state index in [4.69, 9.17) is 0 Å². The molecule has 0 aliphatic heterocycles. The monoisotopic (exact) mass is 301 g/mol. The van der Waals surface area contributed by atoms with Crippen molar-refractivity contribution in [2.45, 2.75) is 12.8 Å².